The molecule has 2 N–H and O–H groups in total. The van der Waals surface area contributed by atoms with E-state index in [1.54, 1.807) is 19.2 Å². The van der Waals surface area contributed by atoms with Crippen LogP contribution in [0.5, 0.6) is 5.75 Å². The van der Waals surface area contributed by atoms with E-state index in [0.717, 1.165) is 37.5 Å². The molecule has 1 spiro atoms. The number of nitro benzene ring substituents is 1. The van der Waals surface area contributed by atoms with Crippen LogP contribution in [0.25, 0.3) is 0 Å². The number of nitro groups is 1. The highest BCUT2D eigenvalue weighted by molar-refractivity contribution is 14.0. The van der Waals surface area contributed by atoms with Crippen molar-refractivity contribution >= 4 is 41.5 Å². The third-order valence-electron chi connectivity index (χ3n) is 5.26. The van der Waals surface area contributed by atoms with E-state index >= 15 is 0 Å². The van der Waals surface area contributed by atoms with Crippen LogP contribution in [0.3, 0.4) is 0 Å². The van der Waals surface area contributed by atoms with E-state index in [9.17, 15) is 14.9 Å². The number of carbonyl (C=O) groups is 1. The summed E-state index contributed by atoms with van der Waals surface area (Å²) in [6.45, 7) is 2.77. The third kappa shape index (κ3) is 4.83. The number of ether oxygens (including phenoxy) is 1. The first-order chi connectivity index (χ1) is 13.0. The van der Waals surface area contributed by atoms with Crippen LogP contribution in [-0.2, 0) is 11.3 Å². The Morgan fingerprint density at radius 2 is 2.29 bits per heavy atom. The van der Waals surface area contributed by atoms with E-state index in [1.807, 2.05) is 0 Å². The van der Waals surface area contributed by atoms with Gasteiger partial charge in [-0.3, -0.25) is 19.9 Å². The summed E-state index contributed by atoms with van der Waals surface area (Å²) in [5.74, 6) is 1.10. The lowest BCUT2D eigenvalue weighted by molar-refractivity contribution is -0.385. The van der Waals surface area contributed by atoms with Gasteiger partial charge in [-0.15, -0.1) is 24.0 Å². The molecule has 0 saturated carbocycles. The minimum atomic E-state index is -0.449. The van der Waals surface area contributed by atoms with Gasteiger partial charge in [0.2, 0.25) is 5.91 Å². The normalized spacial score (nSPS) is 21.9. The molecule has 0 aromatic heterocycles. The number of nitrogens with one attached hydrogen (secondary N) is 2. The van der Waals surface area contributed by atoms with Crippen LogP contribution >= 0.6 is 24.0 Å². The van der Waals surface area contributed by atoms with Crippen molar-refractivity contribution in [3.63, 3.8) is 0 Å². The number of rotatable bonds is 4. The topological polar surface area (TPSA) is 109 Å². The smallest absolute Gasteiger partial charge is 0.311 e. The third-order valence-corrected chi connectivity index (χ3v) is 5.26. The van der Waals surface area contributed by atoms with Gasteiger partial charge >= 0.3 is 5.69 Å². The van der Waals surface area contributed by atoms with Crippen molar-refractivity contribution in [2.24, 2.45) is 10.4 Å². The summed E-state index contributed by atoms with van der Waals surface area (Å²) >= 11 is 0. The Morgan fingerprint density at radius 3 is 2.89 bits per heavy atom. The van der Waals surface area contributed by atoms with E-state index in [1.165, 1.54) is 13.2 Å². The molecule has 10 heteroatoms. The number of aliphatic imine (C=N–C) groups is 1. The molecule has 3 rings (SSSR count). The number of methoxy groups -OCH3 is 1. The molecule has 154 valence electrons. The monoisotopic (exact) mass is 503 g/mol. The second-order valence-corrected chi connectivity index (χ2v) is 7.14. The number of likely N-dealkylation sites (tertiary alicyclic amines) is 1. The quantitative estimate of drug-likeness (QED) is 0.214. The molecule has 2 aliphatic rings. The van der Waals surface area contributed by atoms with Crippen LogP contribution in [0.4, 0.5) is 5.69 Å². The number of carbonyl (C=O) groups excluding carboxylic acids is 1. The molecule has 0 radical (unpaired) electrons. The number of piperidine rings is 1. The number of guanidine groups is 1. The molecule has 2 saturated heterocycles. The zero-order valence-electron chi connectivity index (χ0n) is 16.1. The van der Waals surface area contributed by atoms with Crippen molar-refractivity contribution in [3.8, 4) is 5.75 Å². The lowest BCUT2D eigenvalue weighted by Gasteiger charge is -2.40. The molecule has 1 aromatic rings. The van der Waals surface area contributed by atoms with E-state index < -0.39 is 4.92 Å². The van der Waals surface area contributed by atoms with E-state index in [-0.39, 0.29) is 46.7 Å². The molecule has 1 atom stereocenters. The number of benzene rings is 1. The Labute approximate surface area is 181 Å². The van der Waals surface area contributed by atoms with Gasteiger partial charge in [-0.05, 0) is 24.5 Å². The van der Waals surface area contributed by atoms with Crippen molar-refractivity contribution in [1.29, 1.82) is 0 Å². The molecule has 2 aliphatic heterocycles. The van der Waals surface area contributed by atoms with Gasteiger partial charge in [0.05, 0.1) is 12.0 Å². The van der Waals surface area contributed by atoms with Gasteiger partial charge in [0, 0.05) is 51.1 Å². The van der Waals surface area contributed by atoms with Crippen LogP contribution in [0.2, 0.25) is 0 Å². The van der Waals surface area contributed by atoms with Crippen LogP contribution in [-0.4, -0.2) is 55.5 Å². The van der Waals surface area contributed by atoms with Gasteiger partial charge in [0.1, 0.15) is 0 Å². The fraction of sp³-hybridized carbons (Fsp3) is 0.556. The van der Waals surface area contributed by atoms with Crippen LogP contribution < -0.4 is 15.4 Å². The van der Waals surface area contributed by atoms with Crippen molar-refractivity contribution in [3.05, 3.63) is 33.9 Å². The Morgan fingerprint density at radius 1 is 1.50 bits per heavy atom. The van der Waals surface area contributed by atoms with Gasteiger partial charge in [0.15, 0.2) is 11.7 Å². The fourth-order valence-corrected chi connectivity index (χ4v) is 3.93. The zero-order chi connectivity index (χ0) is 19.4. The Balaban J connectivity index is 0.00000280. The maximum atomic E-state index is 11.7. The molecule has 9 nitrogen and oxygen atoms in total. The Bertz CT molecular complexity index is 772. The zero-order valence-corrected chi connectivity index (χ0v) is 18.4. The lowest BCUT2D eigenvalue weighted by Crippen LogP contribution is -2.51. The van der Waals surface area contributed by atoms with Gasteiger partial charge < -0.3 is 20.3 Å². The molecule has 1 aromatic carbocycles. The Kier molecular flexibility index (Phi) is 7.44. The molecular weight excluding hydrogens is 477 g/mol. The maximum Gasteiger partial charge on any atom is 0.311 e. The summed E-state index contributed by atoms with van der Waals surface area (Å²) in [7, 11) is 3.13. The number of hydrogen-bond donors (Lipinski definition) is 2. The van der Waals surface area contributed by atoms with Gasteiger partial charge in [0.25, 0.3) is 0 Å². The average Bonchev–Trinajstić information content (AvgIpc) is 3.01. The van der Waals surface area contributed by atoms with Crippen LogP contribution in [0.15, 0.2) is 23.2 Å². The Hall–Kier alpha value is -2.11. The minimum Gasteiger partial charge on any atom is -0.490 e. The molecule has 2 fully saturated rings. The summed E-state index contributed by atoms with van der Waals surface area (Å²) in [6, 6.07) is 4.91. The first kappa shape index (κ1) is 22.2. The molecule has 0 bridgehead atoms. The molecule has 28 heavy (non-hydrogen) atoms. The SMILES string of the molecule is CN=C(NCc1ccc(OC)c([N+](=O)[O-])c1)N1CCCC2(CNC(=O)C2)C1.I. The van der Waals surface area contributed by atoms with Crippen LogP contribution in [0.1, 0.15) is 24.8 Å². The molecule has 2 heterocycles. The lowest BCUT2D eigenvalue weighted by atomic mass is 9.79. The second kappa shape index (κ2) is 9.39. The van der Waals surface area contributed by atoms with Gasteiger partial charge in [-0.25, -0.2) is 0 Å². The minimum absolute atomic E-state index is 0. The van der Waals surface area contributed by atoms with E-state index in [4.69, 9.17) is 4.74 Å². The predicted octanol–water partition coefficient (Wildman–Crippen LogP) is 1.90. The highest BCUT2D eigenvalue weighted by Gasteiger charge is 2.42. The van der Waals surface area contributed by atoms with Gasteiger partial charge in [-0.2, -0.15) is 0 Å². The standard InChI is InChI=1S/C18H25N5O4.HI/c1-19-17(22-7-3-6-18(12-22)9-16(24)21-11-18)20-10-13-4-5-15(27-2)14(8-13)23(25)26;/h4-5,8H,3,6-7,9-12H2,1-2H3,(H,19,20)(H,21,24);1H. The molecule has 1 unspecified atom stereocenters. The molecular formula is C18H26IN5O4. The average molecular weight is 503 g/mol. The number of halogens is 1. The predicted molar refractivity (Wildman–Crippen MR) is 116 cm³/mol. The summed E-state index contributed by atoms with van der Waals surface area (Å²) in [5.41, 5.74) is 0.693. The summed E-state index contributed by atoms with van der Waals surface area (Å²) < 4.78 is 5.04. The second-order valence-electron chi connectivity index (χ2n) is 7.14. The van der Waals surface area contributed by atoms with E-state index in [2.05, 4.69) is 20.5 Å². The number of nitrogens with zero attached hydrogens (tertiary/aromatic N) is 3. The highest BCUT2D eigenvalue weighted by Crippen LogP contribution is 2.36. The van der Waals surface area contributed by atoms with Crippen molar-refractivity contribution in [1.82, 2.24) is 15.5 Å². The number of hydrogen-bond acceptors (Lipinski definition) is 5. The first-order valence-electron chi connectivity index (χ1n) is 9.00. The highest BCUT2D eigenvalue weighted by atomic mass is 127. The summed E-state index contributed by atoms with van der Waals surface area (Å²) in [4.78, 5) is 28.9. The summed E-state index contributed by atoms with van der Waals surface area (Å²) in [5, 5.41) is 17.4. The fourth-order valence-electron chi connectivity index (χ4n) is 3.93. The number of amides is 1. The largest absolute Gasteiger partial charge is 0.490 e. The van der Waals surface area contributed by atoms with E-state index in [0.29, 0.717) is 19.5 Å². The molecule has 1 amide bonds. The van der Waals surface area contributed by atoms with Crippen molar-refractivity contribution in [2.45, 2.75) is 25.8 Å². The maximum absolute atomic E-state index is 11.7. The summed E-state index contributed by atoms with van der Waals surface area (Å²) in [6.07, 6.45) is 2.60. The first-order valence-corrected chi connectivity index (χ1v) is 9.00. The van der Waals surface area contributed by atoms with Gasteiger partial charge in [-0.1, -0.05) is 6.07 Å². The molecule has 0 aliphatic carbocycles. The van der Waals surface area contributed by atoms with Crippen LogP contribution in [0, 0.1) is 15.5 Å². The van der Waals surface area contributed by atoms with Crippen molar-refractivity contribution in [2.75, 3.05) is 33.8 Å². The van der Waals surface area contributed by atoms with Crippen molar-refractivity contribution < 1.29 is 14.5 Å².